The van der Waals surface area contributed by atoms with Crippen LogP contribution in [0.2, 0.25) is 0 Å². The lowest BCUT2D eigenvalue weighted by molar-refractivity contribution is 1.38. The summed E-state index contributed by atoms with van der Waals surface area (Å²) < 4.78 is 1.08. The molecule has 0 radical (unpaired) electrons. The summed E-state index contributed by atoms with van der Waals surface area (Å²) in [5.41, 5.74) is 4.70. The van der Waals surface area contributed by atoms with E-state index in [4.69, 9.17) is 0 Å². The topological polar surface area (TPSA) is 12.9 Å². The lowest BCUT2D eigenvalue weighted by atomic mass is 10.0. The van der Waals surface area contributed by atoms with E-state index in [1.807, 2.05) is 18.3 Å². The van der Waals surface area contributed by atoms with Crippen LogP contribution in [0.25, 0.3) is 22.0 Å². The Bertz CT molecular complexity index is 719. The van der Waals surface area contributed by atoms with Crippen LogP contribution in [0.4, 0.5) is 0 Å². The molecular formula is C16H12BrN. The highest BCUT2D eigenvalue weighted by Crippen LogP contribution is 2.26. The van der Waals surface area contributed by atoms with E-state index < -0.39 is 0 Å². The molecule has 1 heterocycles. The number of benzene rings is 2. The molecule has 0 amide bonds. The van der Waals surface area contributed by atoms with E-state index >= 15 is 0 Å². The van der Waals surface area contributed by atoms with E-state index in [2.05, 4.69) is 64.2 Å². The Morgan fingerprint density at radius 2 is 1.83 bits per heavy atom. The third-order valence-electron chi connectivity index (χ3n) is 3.10. The summed E-state index contributed by atoms with van der Waals surface area (Å²) in [5.74, 6) is 0. The molecule has 0 N–H and O–H groups in total. The fourth-order valence-corrected chi connectivity index (χ4v) is 2.53. The summed E-state index contributed by atoms with van der Waals surface area (Å²) in [6.45, 7) is 2.13. The molecule has 0 aliphatic carbocycles. The first-order valence-corrected chi connectivity index (χ1v) is 6.65. The first-order valence-electron chi connectivity index (χ1n) is 5.85. The van der Waals surface area contributed by atoms with Gasteiger partial charge in [-0.05, 0) is 42.3 Å². The summed E-state index contributed by atoms with van der Waals surface area (Å²) in [4.78, 5) is 4.52. The van der Waals surface area contributed by atoms with Gasteiger partial charge in [-0.3, -0.25) is 4.98 Å². The number of nitrogens with zero attached hydrogens (tertiary/aromatic N) is 1. The Morgan fingerprint density at radius 3 is 2.67 bits per heavy atom. The molecule has 0 aliphatic heterocycles. The van der Waals surface area contributed by atoms with Gasteiger partial charge in [0.15, 0.2) is 0 Å². The smallest absolute Gasteiger partial charge is 0.0703 e. The Labute approximate surface area is 115 Å². The van der Waals surface area contributed by atoms with E-state index in [1.165, 1.54) is 16.7 Å². The number of aryl methyl sites for hydroxylation is 1. The van der Waals surface area contributed by atoms with Crippen molar-refractivity contribution >= 4 is 26.8 Å². The zero-order valence-electron chi connectivity index (χ0n) is 10.0. The number of fused-ring (bicyclic) bond motifs is 1. The highest BCUT2D eigenvalue weighted by molar-refractivity contribution is 9.10. The molecule has 2 aromatic carbocycles. The predicted octanol–water partition coefficient (Wildman–Crippen LogP) is 4.97. The molecule has 3 aromatic rings. The van der Waals surface area contributed by atoms with Gasteiger partial charge in [0.1, 0.15) is 0 Å². The van der Waals surface area contributed by atoms with Crippen LogP contribution in [0, 0.1) is 6.92 Å². The van der Waals surface area contributed by atoms with Crippen LogP contribution in [0.5, 0.6) is 0 Å². The van der Waals surface area contributed by atoms with Gasteiger partial charge in [-0.1, -0.05) is 40.2 Å². The second-order valence-corrected chi connectivity index (χ2v) is 5.29. The highest BCUT2D eigenvalue weighted by Gasteiger charge is 2.03. The maximum atomic E-state index is 4.52. The van der Waals surface area contributed by atoms with E-state index in [0.717, 1.165) is 15.4 Å². The lowest BCUT2D eigenvalue weighted by Gasteiger charge is -2.06. The van der Waals surface area contributed by atoms with Gasteiger partial charge < -0.3 is 0 Å². The number of pyridine rings is 1. The third-order valence-corrected chi connectivity index (χ3v) is 3.59. The van der Waals surface area contributed by atoms with Gasteiger partial charge in [-0.25, -0.2) is 0 Å². The van der Waals surface area contributed by atoms with Gasteiger partial charge >= 0.3 is 0 Å². The monoisotopic (exact) mass is 297 g/mol. The minimum absolute atomic E-state index is 1.02. The predicted molar refractivity (Wildman–Crippen MR) is 79.6 cm³/mol. The SMILES string of the molecule is Cc1ccccc1-c1cnc2ccc(Br)cc2c1. The van der Waals surface area contributed by atoms with Crippen molar-refractivity contribution in [1.29, 1.82) is 0 Å². The summed E-state index contributed by atoms with van der Waals surface area (Å²) in [7, 11) is 0. The van der Waals surface area contributed by atoms with Crippen molar-refractivity contribution in [3.8, 4) is 11.1 Å². The molecule has 0 atom stereocenters. The minimum atomic E-state index is 1.02. The minimum Gasteiger partial charge on any atom is -0.256 e. The van der Waals surface area contributed by atoms with Crippen LogP contribution in [-0.4, -0.2) is 4.98 Å². The van der Waals surface area contributed by atoms with E-state index in [0.29, 0.717) is 0 Å². The molecule has 18 heavy (non-hydrogen) atoms. The summed E-state index contributed by atoms with van der Waals surface area (Å²) in [5, 5.41) is 1.16. The van der Waals surface area contributed by atoms with Gasteiger partial charge in [0.05, 0.1) is 5.52 Å². The molecule has 0 saturated carbocycles. The molecule has 0 fully saturated rings. The van der Waals surface area contributed by atoms with Crippen LogP contribution in [0.1, 0.15) is 5.56 Å². The van der Waals surface area contributed by atoms with E-state index in [9.17, 15) is 0 Å². The summed E-state index contributed by atoms with van der Waals surface area (Å²) in [6.07, 6.45) is 1.94. The quantitative estimate of drug-likeness (QED) is 0.618. The molecular weight excluding hydrogens is 286 g/mol. The normalized spacial score (nSPS) is 10.8. The van der Waals surface area contributed by atoms with Crippen LogP contribution in [-0.2, 0) is 0 Å². The Kier molecular flexibility index (Phi) is 2.88. The van der Waals surface area contributed by atoms with Crippen molar-refractivity contribution in [2.75, 3.05) is 0 Å². The van der Waals surface area contributed by atoms with Crippen LogP contribution < -0.4 is 0 Å². The molecule has 1 nitrogen and oxygen atoms in total. The van der Waals surface area contributed by atoms with Crippen LogP contribution in [0.15, 0.2) is 59.2 Å². The first-order chi connectivity index (χ1) is 8.74. The second kappa shape index (κ2) is 4.54. The van der Waals surface area contributed by atoms with Crippen LogP contribution in [0.3, 0.4) is 0 Å². The Hall–Kier alpha value is -1.67. The molecule has 3 rings (SSSR count). The molecule has 0 unspecified atom stereocenters. The van der Waals surface area contributed by atoms with Gasteiger partial charge in [-0.15, -0.1) is 0 Å². The number of aromatic nitrogens is 1. The average Bonchev–Trinajstić information content (AvgIpc) is 2.38. The number of rotatable bonds is 1. The molecule has 2 heteroatoms. The van der Waals surface area contributed by atoms with Crippen molar-refractivity contribution in [2.45, 2.75) is 6.92 Å². The Balaban J connectivity index is 2.22. The van der Waals surface area contributed by atoms with E-state index in [-0.39, 0.29) is 0 Å². The zero-order chi connectivity index (χ0) is 12.5. The van der Waals surface area contributed by atoms with Crippen molar-refractivity contribution in [3.05, 3.63) is 64.8 Å². The van der Waals surface area contributed by atoms with Crippen molar-refractivity contribution < 1.29 is 0 Å². The molecule has 0 spiro atoms. The summed E-state index contributed by atoms with van der Waals surface area (Å²) >= 11 is 3.50. The standard InChI is InChI=1S/C16H12BrN/c1-11-4-2-3-5-15(11)13-8-12-9-14(17)6-7-16(12)18-10-13/h2-10H,1H3. The molecule has 1 aromatic heterocycles. The number of hydrogen-bond acceptors (Lipinski definition) is 1. The van der Waals surface area contributed by atoms with Crippen molar-refractivity contribution in [1.82, 2.24) is 4.98 Å². The van der Waals surface area contributed by atoms with Crippen molar-refractivity contribution in [3.63, 3.8) is 0 Å². The largest absolute Gasteiger partial charge is 0.256 e. The number of halogens is 1. The molecule has 0 aliphatic rings. The zero-order valence-corrected chi connectivity index (χ0v) is 11.6. The van der Waals surface area contributed by atoms with E-state index in [1.54, 1.807) is 0 Å². The number of hydrogen-bond donors (Lipinski definition) is 0. The average molecular weight is 298 g/mol. The van der Waals surface area contributed by atoms with Gasteiger partial charge in [-0.2, -0.15) is 0 Å². The molecule has 0 saturated heterocycles. The van der Waals surface area contributed by atoms with Gasteiger partial charge in [0.25, 0.3) is 0 Å². The van der Waals surface area contributed by atoms with Gasteiger partial charge in [0, 0.05) is 21.6 Å². The third kappa shape index (κ3) is 2.04. The second-order valence-electron chi connectivity index (χ2n) is 4.38. The summed E-state index contributed by atoms with van der Waals surface area (Å²) in [6, 6.07) is 16.7. The van der Waals surface area contributed by atoms with Gasteiger partial charge in [0.2, 0.25) is 0 Å². The van der Waals surface area contributed by atoms with Crippen LogP contribution >= 0.6 is 15.9 Å². The maximum absolute atomic E-state index is 4.52. The molecule has 88 valence electrons. The highest BCUT2D eigenvalue weighted by atomic mass is 79.9. The fraction of sp³-hybridized carbons (Fsp3) is 0.0625. The van der Waals surface area contributed by atoms with Crippen molar-refractivity contribution in [2.24, 2.45) is 0 Å². The molecule has 0 bridgehead atoms. The first kappa shape index (κ1) is 11.4. The Morgan fingerprint density at radius 1 is 1.00 bits per heavy atom. The maximum Gasteiger partial charge on any atom is 0.0703 e. The fourth-order valence-electron chi connectivity index (χ4n) is 2.15. The lowest BCUT2D eigenvalue weighted by Crippen LogP contribution is -1.85.